The molecule has 0 fully saturated rings. The summed E-state index contributed by atoms with van der Waals surface area (Å²) in [6, 6.07) is 7.83. The van der Waals surface area contributed by atoms with Gasteiger partial charge in [0.2, 0.25) is 10.0 Å². The number of nitriles is 1. The Kier molecular flexibility index (Phi) is 5.48. The van der Waals surface area contributed by atoms with Crippen LogP contribution in [-0.4, -0.2) is 25.2 Å². The number of carboxylic acid groups (broad SMARTS) is 1. The van der Waals surface area contributed by atoms with Crippen molar-refractivity contribution in [1.82, 2.24) is 4.72 Å². The van der Waals surface area contributed by atoms with E-state index in [-0.39, 0.29) is 24.3 Å². The number of benzene rings is 1. The van der Waals surface area contributed by atoms with Crippen molar-refractivity contribution < 1.29 is 18.3 Å². The third-order valence-electron chi connectivity index (χ3n) is 2.40. The lowest BCUT2D eigenvalue weighted by molar-refractivity contribution is 0.0697. The molecule has 0 aromatic heterocycles. The molecule has 0 saturated heterocycles. The molecule has 1 aromatic rings. The van der Waals surface area contributed by atoms with Crippen LogP contribution in [0.25, 0.3) is 0 Å². The number of nitrogens with one attached hydrogen (secondary N) is 1. The topological polar surface area (TPSA) is 107 Å². The summed E-state index contributed by atoms with van der Waals surface area (Å²) in [7, 11) is -3.40. The molecule has 102 valence electrons. The largest absolute Gasteiger partial charge is 0.478 e. The molecule has 0 spiro atoms. The predicted octanol–water partition coefficient (Wildman–Crippen LogP) is 1.11. The third kappa shape index (κ3) is 5.50. The maximum absolute atomic E-state index is 11.5. The van der Waals surface area contributed by atoms with Crippen LogP contribution in [-0.2, 0) is 16.6 Å². The van der Waals surface area contributed by atoms with Gasteiger partial charge < -0.3 is 5.11 Å². The fraction of sp³-hybridized carbons (Fsp3) is 0.333. The maximum Gasteiger partial charge on any atom is 0.335 e. The summed E-state index contributed by atoms with van der Waals surface area (Å²) in [6.07, 6.45) is 0.498. The van der Waals surface area contributed by atoms with Crippen molar-refractivity contribution in [1.29, 1.82) is 5.26 Å². The highest BCUT2D eigenvalue weighted by atomic mass is 32.2. The van der Waals surface area contributed by atoms with E-state index in [1.54, 1.807) is 12.1 Å². The van der Waals surface area contributed by atoms with Gasteiger partial charge in [0.15, 0.2) is 0 Å². The first-order valence-electron chi connectivity index (χ1n) is 5.61. The van der Waals surface area contributed by atoms with E-state index in [2.05, 4.69) is 4.72 Å². The molecule has 0 aliphatic heterocycles. The molecule has 0 aliphatic rings. The van der Waals surface area contributed by atoms with Crippen LogP contribution in [0.4, 0.5) is 0 Å². The number of nitrogens with zero attached hydrogens (tertiary/aromatic N) is 1. The van der Waals surface area contributed by atoms with Crippen LogP contribution in [0.3, 0.4) is 0 Å². The van der Waals surface area contributed by atoms with E-state index >= 15 is 0 Å². The number of aromatic carboxylic acids is 1. The minimum Gasteiger partial charge on any atom is -0.478 e. The molecule has 7 heteroatoms. The minimum atomic E-state index is -3.40. The SMILES string of the molecule is N#CCCCS(=O)(=O)NCc1ccc(C(=O)O)cc1. The van der Waals surface area contributed by atoms with Crippen LogP contribution >= 0.6 is 0 Å². The van der Waals surface area contributed by atoms with Crippen molar-refractivity contribution in [2.75, 3.05) is 5.75 Å². The van der Waals surface area contributed by atoms with Crippen LogP contribution in [0.1, 0.15) is 28.8 Å². The Morgan fingerprint density at radius 1 is 1.32 bits per heavy atom. The van der Waals surface area contributed by atoms with Crippen molar-refractivity contribution in [3.05, 3.63) is 35.4 Å². The fourth-order valence-electron chi connectivity index (χ4n) is 1.37. The second-order valence-electron chi connectivity index (χ2n) is 3.90. The summed E-state index contributed by atoms with van der Waals surface area (Å²) in [5.41, 5.74) is 0.828. The lowest BCUT2D eigenvalue weighted by Gasteiger charge is -2.06. The standard InChI is InChI=1S/C12H14N2O4S/c13-7-1-2-8-19(17,18)14-9-10-3-5-11(6-4-10)12(15)16/h3-6,14H,1-2,8-9H2,(H,15,16). The van der Waals surface area contributed by atoms with Crippen LogP contribution in [0.5, 0.6) is 0 Å². The first-order chi connectivity index (χ1) is 8.94. The van der Waals surface area contributed by atoms with E-state index in [1.807, 2.05) is 6.07 Å². The average Bonchev–Trinajstić information content (AvgIpc) is 2.37. The highest BCUT2D eigenvalue weighted by molar-refractivity contribution is 7.89. The monoisotopic (exact) mass is 282 g/mol. The van der Waals surface area contributed by atoms with Gasteiger partial charge in [0.25, 0.3) is 0 Å². The maximum atomic E-state index is 11.5. The lowest BCUT2D eigenvalue weighted by atomic mass is 10.1. The Bertz CT molecular complexity index is 573. The van der Waals surface area contributed by atoms with Crippen LogP contribution < -0.4 is 4.72 Å². The Morgan fingerprint density at radius 3 is 2.47 bits per heavy atom. The molecule has 0 saturated carbocycles. The molecule has 0 unspecified atom stereocenters. The molecule has 0 aliphatic carbocycles. The zero-order valence-electron chi connectivity index (χ0n) is 10.2. The second kappa shape index (κ2) is 6.87. The molecule has 6 nitrogen and oxygen atoms in total. The molecule has 0 heterocycles. The Balaban J connectivity index is 2.52. The van der Waals surface area contributed by atoms with Gasteiger partial charge in [0.05, 0.1) is 17.4 Å². The van der Waals surface area contributed by atoms with Crippen LogP contribution in [0.2, 0.25) is 0 Å². The van der Waals surface area contributed by atoms with Crippen LogP contribution in [0, 0.1) is 11.3 Å². The lowest BCUT2D eigenvalue weighted by Crippen LogP contribution is -2.25. The second-order valence-corrected chi connectivity index (χ2v) is 5.83. The summed E-state index contributed by atoms with van der Waals surface area (Å²) >= 11 is 0. The molecule has 19 heavy (non-hydrogen) atoms. The highest BCUT2D eigenvalue weighted by Gasteiger charge is 2.09. The van der Waals surface area contributed by atoms with Crippen LogP contribution in [0.15, 0.2) is 24.3 Å². The van der Waals surface area contributed by atoms with Crippen molar-refractivity contribution in [3.63, 3.8) is 0 Å². The van der Waals surface area contributed by atoms with Crippen molar-refractivity contribution in [2.24, 2.45) is 0 Å². The zero-order valence-corrected chi connectivity index (χ0v) is 11.0. The molecule has 2 N–H and O–H groups in total. The van der Waals surface area contributed by atoms with E-state index in [1.165, 1.54) is 12.1 Å². The van der Waals surface area contributed by atoms with Gasteiger partial charge in [0.1, 0.15) is 0 Å². The smallest absolute Gasteiger partial charge is 0.335 e. The summed E-state index contributed by atoms with van der Waals surface area (Å²) < 4.78 is 25.5. The quantitative estimate of drug-likeness (QED) is 0.728. The number of unbranched alkanes of at least 4 members (excludes halogenated alkanes) is 1. The minimum absolute atomic E-state index is 0.0895. The average molecular weight is 282 g/mol. The van der Waals surface area contributed by atoms with E-state index in [0.717, 1.165) is 0 Å². The summed E-state index contributed by atoms with van der Waals surface area (Å²) in [6.45, 7) is 0.106. The molecule has 1 aromatic carbocycles. The summed E-state index contributed by atoms with van der Waals surface area (Å²) in [5.74, 6) is -1.11. The Morgan fingerprint density at radius 2 is 1.95 bits per heavy atom. The molecular weight excluding hydrogens is 268 g/mol. The van der Waals surface area contributed by atoms with Crippen molar-refractivity contribution in [2.45, 2.75) is 19.4 Å². The molecule has 0 amide bonds. The van der Waals surface area contributed by atoms with Gasteiger partial charge in [-0.25, -0.2) is 17.9 Å². The van der Waals surface area contributed by atoms with E-state index in [4.69, 9.17) is 10.4 Å². The summed E-state index contributed by atoms with van der Waals surface area (Å²) in [5, 5.41) is 17.0. The fourth-order valence-corrected chi connectivity index (χ4v) is 2.43. The molecule has 1 rings (SSSR count). The Labute approximate surface area is 111 Å². The number of carbonyl (C=O) groups is 1. The van der Waals surface area contributed by atoms with E-state index in [9.17, 15) is 13.2 Å². The van der Waals surface area contributed by atoms with Crippen molar-refractivity contribution >= 4 is 16.0 Å². The number of hydrogen-bond acceptors (Lipinski definition) is 4. The molecular formula is C12H14N2O4S. The highest BCUT2D eigenvalue weighted by Crippen LogP contribution is 2.05. The van der Waals surface area contributed by atoms with Crippen molar-refractivity contribution in [3.8, 4) is 6.07 Å². The predicted molar refractivity (Wildman–Crippen MR) is 68.9 cm³/mol. The first kappa shape index (κ1) is 15.1. The third-order valence-corrected chi connectivity index (χ3v) is 3.81. The van der Waals surface area contributed by atoms with Gasteiger partial charge in [-0.2, -0.15) is 5.26 Å². The number of rotatable bonds is 7. The molecule has 0 atom stereocenters. The van der Waals surface area contributed by atoms with Gasteiger partial charge in [-0.1, -0.05) is 12.1 Å². The van der Waals surface area contributed by atoms with Gasteiger partial charge in [0, 0.05) is 13.0 Å². The van der Waals surface area contributed by atoms with Gasteiger partial charge in [-0.15, -0.1) is 0 Å². The van der Waals surface area contributed by atoms with Gasteiger partial charge in [-0.05, 0) is 24.1 Å². The summed E-state index contributed by atoms with van der Waals surface area (Å²) in [4.78, 5) is 10.6. The zero-order chi connectivity index (χ0) is 14.3. The number of hydrogen-bond donors (Lipinski definition) is 2. The normalized spacial score (nSPS) is 10.9. The number of sulfonamides is 1. The van der Waals surface area contributed by atoms with Gasteiger partial charge in [-0.3, -0.25) is 0 Å². The van der Waals surface area contributed by atoms with Gasteiger partial charge >= 0.3 is 5.97 Å². The molecule has 0 bridgehead atoms. The van der Waals surface area contributed by atoms with E-state index < -0.39 is 16.0 Å². The Hall–Kier alpha value is -1.91. The number of carboxylic acids is 1. The van der Waals surface area contributed by atoms with E-state index in [0.29, 0.717) is 12.0 Å². The molecule has 0 radical (unpaired) electrons. The first-order valence-corrected chi connectivity index (χ1v) is 7.26.